The van der Waals surface area contributed by atoms with Crippen molar-refractivity contribution in [3.8, 4) is 11.1 Å². The minimum Gasteiger partial charge on any atom is -0.380 e. The van der Waals surface area contributed by atoms with Gasteiger partial charge in [0.2, 0.25) is 0 Å². The zero-order valence-corrected chi connectivity index (χ0v) is 11.4. The maximum absolute atomic E-state index is 13.3. The normalized spacial score (nSPS) is 11.0. The number of methoxy groups -OCH3 is 1. The van der Waals surface area contributed by atoms with E-state index in [9.17, 15) is 9.18 Å². The number of benzene rings is 1. The average molecular weight is 284 g/mol. The summed E-state index contributed by atoms with van der Waals surface area (Å²) in [6.07, 6.45) is 3.15. The molecule has 0 aliphatic heterocycles. The lowest BCUT2D eigenvalue weighted by atomic mass is 10.1. The lowest BCUT2D eigenvalue weighted by molar-refractivity contribution is 0.183. The molecule has 0 radical (unpaired) electrons. The quantitative estimate of drug-likeness (QED) is 0.742. The van der Waals surface area contributed by atoms with Crippen molar-refractivity contribution in [2.24, 2.45) is 0 Å². The van der Waals surface area contributed by atoms with E-state index in [2.05, 4.69) is 4.98 Å². The number of fused-ring (bicyclic) bond motifs is 1. The van der Waals surface area contributed by atoms with Crippen LogP contribution in [0.1, 0.15) is 5.56 Å². The van der Waals surface area contributed by atoms with Gasteiger partial charge in [0.25, 0.3) is 5.56 Å². The van der Waals surface area contributed by atoms with E-state index in [0.717, 1.165) is 11.1 Å². The molecular formula is C16H13FN2O2. The molecule has 3 rings (SSSR count). The fraction of sp³-hybridized carbons (Fsp3) is 0.125. The average Bonchev–Trinajstić information content (AvgIpc) is 2.50. The predicted octanol–water partition coefficient (Wildman–Crippen LogP) is 2.65. The van der Waals surface area contributed by atoms with Crippen LogP contribution < -0.4 is 5.56 Å². The molecule has 3 aromatic rings. The van der Waals surface area contributed by atoms with Gasteiger partial charge in [0.05, 0.1) is 12.2 Å². The molecule has 0 fully saturated rings. The van der Waals surface area contributed by atoms with Crippen LogP contribution >= 0.6 is 0 Å². The first-order valence-electron chi connectivity index (χ1n) is 6.44. The molecule has 21 heavy (non-hydrogen) atoms. The van der Waals surface area contributed by atoms with Crippen LogP contribution in [-0.2, 0) is 11.3 Å². The Hall–Kier alpha value is -2.53. The summed E-state index contributed by atoms with van der Waals surface area (Å²) < 4.78 is 19.7. The highest BCUT2D eigenvalue weighted by Gasteiger charge is 2.06. The summed E-state index contributed by atoms with van der Waals surface area (Å²) in [7, 11) is 1.53. The second-order valence-electron chi connectivity index (χ2n) is 4.68. The number of rotatable bonds is 3. The SMILES string of the molecule is COCc1cnc2cc(-c3cccc(F)c3)ccn2c1=O. The van der Waals surface area contributed by atoms with Gasteiger partial charge in [-0.05, 0) is 35.4 Å². The number of hydrogen-bond donors (Lipinski definition) is 0. The molecule has 0 atom stereocenters. The van der Waals surface area contributed by atoms with E-state index in [4.69, 9.17) is 4.74 Å². The zero-order chi connectivity index (χ0) is 14.8. The van der Waals surface area contributed by atoms with Crippen molar-refractivity contribution >= 4 is 5.65 Å². The largest absolute Gasteiger partial charge is 0.380 e. The van der Waals surface area contributed by atoms with E-state index < -0.39 is 0 Å². The molecule has 0 N–H and O–H groups in total. The van der Waals surface area contributed by atoms with E-state index in [0.29, 0.717) is 11.2 Å². The third-order valence-corrected chi connectivity index (χ3v) is 3.24. The van der Waals surface area contributed by atoms with Crippen molar-refractivity contribution in [2.75, 3.05) is 7.11 Å². The number of nitrogens with zero attached hydrogens (tertiary/aromatic N) is 2. The summed E-state index contributed by atoms with van der Waals surface area (Å²) in [5.41, 5.74) is 2.40. The van der Waals surface area contributed by atoms with E-state index in [-0.39, 0.29) is 18.0 Å². The molecule has 2 aromatic heterocycles. The van der Waals surface area contributed by atoms with Crippen LogP contribution in [0.25, 0.3) is 16.8 Å². The molecule has 0 unspecified atom stereocenters. The van der Waals surface area contributed by atoms with Crippen LogP contribution in [0.4, 0.5) is 4.39 Å². The van der Waals surface area contributed by atoms with Crippen LogP contribution in [0, 0.1) is 5.82 Å². The fourth-order valence-corrected chi connectivity index (χ4v) is 2.22. The maximum Gasteiger partial charge on any atom is 0.263 e. The Labute approximate surface area is 120 Å². The number of hydrogen-bond acceptors (Lipinski definition) is 3. The summed E-state index contributed by atoms with van der Waals surface area (Å²) in [6, 6.07) is 9.82. The van der Waals surface area contributed by atoms with Gasteiger partial charge in [-0.15, -0.1) is 0 Å². The van der Waals surface area contributed by atoms with E-state index in [1.54, 1.807) is 24.4 Å². The van der Waals surface area contributed by atoms with Gasteiger partial charge in [-0.1, -0.05) is 12.1 Å². The van der Waals surface area contributed by atoms with Crippen LogP contribution in [-0.4, -0.2) is 16.5 Å². The van der Waals surface area contributed by atoms with E-state index in [1.807, 2.05) is 6.07 Å². The molecule has 5 heteroatoms. The highest BCUT2D eigenvalue weighted by Crippen LogP contribution is 2.20. The maximum atomic E-state index is 13.3. The number of halogens is 1. The van der Waals surface area contributed by atoms with Crippen LogP contribution in [0.3, 0.4) is 0 Å². The predicted molar refractivity (Wildman–Crippen MR) is 77.6 cm³/mol. The van der Waals surface area contributed by atoms with Gasteiger partial charge in [-0.2, -0.15) is 0 Å². The summed E-state index contributed by atoms with van der Waals surface area (Å²) in [5, 5.41) is 0. The first kappa shape index (κ1) is 13.5. The lowest BCUT2D eigenvalue weighted by Gasteiger charge is -2.06. The molecule has 0 aliphatic rings. The van der Waals surface area contributed by atoms with Crippen molar-refractivity contribution in [3.63, 3.8) is 0 Å². The third-order valence-electron chi connectivity index (χ3n) is 3.24. The highest BCUT2D eigenvalue weighted by molar-refractivity contribution is 5.67. The Kier molecular flexibility index (Phi) is 3.50. The molecule has 0 amide bonds. The van der Waals surface area contributed by atoms with Gasteiger partial charge in [-0.25, -0.2) is 9.37 Å². The van der Waals surface area contributed by atoms with Crippen molar-refractivity contribution in [1.82, 2.24) is 9.38 Å². The second-order valence-corrected chi connectivity index (χ2v) is 4.68. The second kappa shape index (κ2) is 5.46. The molecule has 0 bridgehead atoms. The lowest BCUT2D eigenvalue weighted by Crippen LogP contribution is -2.19. The van der Waals surface area contributed by atoms with Gasteiger partial charge in [0.15, 0.2) is 0 Å². The smallest absolute Gasteiger partial charge is 0.263 e. The van der Waals surface area contributed by atoms with E-state index >= 15 is 0 Å². The minimum absolute atomic E-state index is 0.160. The summed E-state index contributed by atoms with van der Waals surface area (Å²) >= 11 is 0. The van der Waals surface area contributed by atoms with Crippen molar-refractivity contribution < 1.29 is 9.13 Å². The van der Waals surface area contributed by atoms with Gasteiger partial charge >= 0.3 is 0 Å². The fourth-order valence-electron chi connectivity index (χ4n) is 2.22. The van der Waals surface area contributed by atoms with E-state index in [1.165, 1.54) is 29.8 Å². The van der Waals surface area contributed by atoms with Crippen molar-refractivity contribution in [3.05, 3.63) is 70.5 Å². The molecule has 0 saturated carbocycles. The number of ether oxygens (including phenoxy) is 1. The van der Waals surface area contributed by atoms with Gasteiger partial charge < -0.3 is 4.74 Å². The highest BCUT2D eigenvalue weighted by atomic mass is 19.1. The van der Waals surface area contributed by atoms with Crippen LogP contribution in [0.2, 0.25) is 0 Å². The summed E-state index contributed by atoms with van der Waals surface area (Å²) in [6.45, 7) is 0.223. The monoisotopic (exact) mass is 284 g/mol. The van der Waals surface area contributed by atoms with Crippen LogP contribution in [0.5, 0.6) is 0 Å². The standard InChI is InChI=1S/C16H13FN2O2/c1-21-10-13-9-18-15-8-12(5-6-19(15)16(13)20)11-3-2-4-14(17)7-11/h2-9H,10H2,1H3. The summed E-state index contributed by atoms with van der Waals surface area (Å²) in [5.74, 6) is -0.298. The van der Waals surface area contributed by atoms with Crippen LogP contribution in [0.15, 0.2) is 53.6 Å². The Bertz CT molecular complexity index is 858. The minimum atomic E-state index is -0.298. The molecule has 1 aromatic carbocycles. The molecule has 0 spiro atoms. The number of pyridine rings is 1. The topological polar surface area (TPSA) is 43.6 Å². The van der Waals surface area contributed by atoms with Crippen molar-refractivity contribution in [1.29, 1.82) is 0 Å². The molecule has 4 nitrogen and oxygen atoms in total. The Morgan fingerprint density at radius 2 is 2.05 bits per heavy atom. The molecule has 2 heterocycles. The Morgan fingerprint density at radius 3 is 2.81 bits per heavy atom. The molecule has 106 valence electrons. The van der Waals surface area contributed by atoms with Crippen molar-refractivity contribution in [2.45, 2.75) is 6.61 Å². The van der Waals surface area contributed by atoms with Gasteiger partial charge in [-0.3, -0.25) is 9.20 Å². The molecular weight excluding hydrogens is 271 g/mol. The Morgan fingerprint density at radius 1 is 1.24 bits per heavy atom. The first-order valence-corrected chi connectivity index (χ1v) is 6.44. The first-order chi connectivity index (χ1) is 10.2. The van der Waals surface area contributed by atoms with Gasteiger partial charge in [0.1, 0.15) is 11.5 Å². The summed E-state index contributed by atoms with van der Waals surface area (Å²) in [4.78, 5) is 16.5. The van der Waals surface area contributed by atoms with Gasteiger partial charge in [0, 0.05) is 19.5 Å². The zero-order valence-electron chi connectivity index (χ0n) is 11.4. The number of aromatic nitrogens is 2. The Balaban J connectivity index is 2.13. The molecule has 0 saturated heterocycles. The third kappa shape index (κ3) is 2.55. The molecule has 0 aliphatic carbocycles.